The third kappa shape index (κ3) is 4.98. The molecule has 1 spiro atoms. The highest BCUT2D eigenvalue weighted by molar-refractivity contribution is 5.79. The predicted molar refractivity (Wildman–Crippen MR) is 142 cm³/mol. The van der Waals surface area contributed by atoms with E-state index in [1.54, 1.807) is 0 Å². The lowest BCUT2D eigenvalue weighted by Gasteiger charge is -2.58. The summed E-state index contributed by atoms with van der Waals surface area (Å²) in [5.41, 5.74) is 0.146. The minimum Gasteiger partial charge on any atom is -0.394 e. The molecule has 0 aromatic rings. The number of hydrogen-bond acceptors (Lipinski definition) is 7. The SMILES string of the molecule is COC1CCC2C(C1)N(C)C1C2C2(CCN(CC3CCCNC3)CC2)CN(C(=O)CN(C)C)[C@@H]1CO. The molecule has 0 aromatic heterocycles. The lowest BCUT2D eigenvalue weighted by atomic mass is 9.57. The maximum absolute atomic E-state index is 13.6. The molecule has 0 radical (unpaired) electrons. The minimum atomic E-state index is -0.115. The van der Waals surface area contributed by atoms with Crippen molar-refractivity contribution in [2.75, 3.05) is 80.7 Å². The molecule has 206 valence electrons. The Morgan fingerprint density at radius 2 is 1.97 bits per heavy atom. The van der Waals surface area contributed by atoms with Crippen LogP contribution in [0, 0.1) is 23.2 Å². The number of fused-ring (bicyclic) bond motifs is 4. The van der Waals surface area contributed by atoms with Crippen LogP contribution in [0.15, 0.2) is 0 Å². The lowest BCUT2D eigenvalue weighted by molar-refractivity contribution is -0.152. The molecule has 2 N–H and O–H groups in total. The van der Waals surface area contributed by atoms with Gasteiger partial charge in [0.1, 0.15) is 0 Å². The molecule has 4 aliphatic heterocycles. The number of amides is 1. The Balaban J connectivity index is 1.40. The number of carbonyl (C=O) groups excluding carboxylic acids is 1. The Morgan fingerprint density at radius 3 is 2.61 bits per heavy atom. The van der Waals surface area contributed by atoms with Crippen LogP contribution in [0.5, 0.6) is 0 Å². The number of carbonyl (C=O) groups is 1. The number of hydrogen-bond donors (Lipinski definition) is 2. The van der Waals surface area contributed by atoms with Crippen LogP contribution in [0.4, 0.5) is 0 Å². The van der Waals surface area contributed by atoms with E-state index in [0.717, 1.165) is 44.9 Å². The predicted octanol–water partition coefficient (Wildman–Crippen LogP) is 0.947. The van der Waals surface area contributed by atoms with Crippen LogP contribution in [0.25, 0.3) is 0 Å². The molecule has 1 amide bonds. The van der Waals surface area contributed by atoms with E-state index >= 15 is 0 Å². The van der Waals surface area contributed by atoms with Gasteiger partial charge in [-0.1, -0.05) is 0 Å². The number of rotatable bonds is 6. The van der Waals surface area contributed by atoms with Gasteiger partial charge in [-0.15, -0.1) is 0 Å². The molecule has 0 bridgehead atoms. The van der Waals surface area contributed by atoms with Gasteiger partial charge in [0.2, 0.25) is 5.91 Å². The second-order valence-electron chi connectivity index (χ2n) is 13.0. The molecule has 4 heterocycles. The van der Waals surface area contributed by atoms with Gasteiger partial charge in [0.15, 0.2) is 0 Å². The number of methoxy groups -OCH3 is 1. The maximum atomic E-state index is 13.6. The fourth-order valence-electron chi connectivity index (χ4n) is 8.99. The lowest BCUT2D eigenvalue weighted by Crippen LogP contribution is -2.68. The number of nitrogens with one attached hydrogen (secondary N) is 1. The van der Waals surface area contributed by atoms with E-state index in [2.05, 4.69) is 27.1 Å². The van der Waals surface area contributed by atoms with Crippen molar-refractivity contribution in [3.63, 3.8) is 0 Å². The third-order valence-corrected chi connectivity index (χ3v) is 10.7. The number of ether oxygens (including phenoxy) is 1. The molecular formula is C28H51N5O3. The molecule has 6 unspecified atom stereocenters. The van der Waals surface area contributed by atoms with Crippen molar-refractivity contribution in [2.45, 2.75) is 69.2 Å². The zero-order valence-corrected chi connectivity index (χ0v) is 23.2. The van der Waals surface area contributed by atoms with E-state index in [4.69, 9.17) is 4.74 Å². The normalized spacial score (nSPS) is 39.4. The van der Waals surface area contributed by atoms with Gasteiger partial charge in [-0.05, 0) is 115 Å². The summed E-state index contributed by atoms with van der Waals surface area (Å²) in [4.78, 5) is 22.9. The minimum absolute atomic E-state index is 0.0503. The van der Waals surface area contributed by atoms with Crippen LogP contribution in [-0.4, -0.2) is 136 Å². The second-order valence-corrected chi connectivity index (χ2v) is 13.0. The number of aliphatic hydroxyl groups excluding tert-OH is 1. The van der Waals surface area contributed by atoms with Crippen LogP contribution in [0.1, 0.15) is 44.9 Å². The van der Waals surface area contributed by atoms with E-state index in [1.165, 1.54) is 45.2 Å². The molecule has 8 nitrogen and oxygen atoms in total. The smallest absolute Gasteiger partial charge is 0.237 e. The van der Waals surface area contributed by atoms with Crippen molar-refractivity contribution >= 4 is 5.91 Å². The monoisotopic (exact) mass is 505 g/mol. The molecule has 5 rings (SSSR count). The van der Waals surface area contributed by atoms with Crippen molar-refractivity contribution in [3.05, 3.63) is 0 Å². The summed E-state index contributed by atoms with van der Waals surface area (Å²) < 4.78 is 5.82. The van der Waals surface area contributed by atoms with Crippen LogP contribution in [0.2, 0.25) is 0 Å². The van der Waals surface area contributed by atoms with Crippen molar-refractivity contribution in [1.29, 1.82) is 0 Å². The largest absolute Gasteiger partial charge is 0.394 e. The standard InChI is InChI=1S/C28H51N5O3/c1-30(2)17-25(35)33-19-28(9-12-32(13-10-28)16-20-6-5-11-29-15-20)26-22-8-7-21(36-4)14-23(22)31(3)27(26)24(33)18-34/h20-24,26-27,29,34H,5-19H2,1-4H3/t20?,21?,22?,23?,24-,26?,27?/m1/s1. The van der Waals surface area contributed by atoms with Crippen molar-refractivity contribution in [1.82, 2.24) is 24.9 Å². The van der Waals surface area contributed by atoms with Crippen molar-refractivity contribution < 1.29 is 14.6 Å². The highest BCUT2D eigenvalue weighted by atomic mass is 16.5. The van der Waals surface area contributed by atoms with Gasteiger partial charge in [0.05, 0.1) is 25.3 Å². The van der Waals surface area contributed by atoms with E-state index in [0.29, 0.717) is 30.5 Å². The highest BCUT2D eigenvalue weighted by Crippen LogP contribution is 2.58. The van der Waals surface area contributed by atoms with Crippen molar-refractivity contribution in [2.24, 2.45) is 23.2 Å². The van der Waals surface area contributed by atoms with Gasteiger partial charge in [-0.3, -0.25) is 9.69 Å². The van der Waals surface area contributed by atoms with Gasteiger partial charge in [-0.2, -0.15) is 0 Å². The number of nitrogens with zero attached hydrogens (tertiary/aromatic N) is 4. The number of piperidine rings is 3. The summed E-state index contributed by atoms with van der Waals surface area (Å²) in [6, 6.07) is 0.602. The van der Waals surface area contributed by atoms with E-state index in [1.807, 2.05) is 26.1 Å². The van der Waals surface area contributed by atoms with Crippen LogP contribution < -0.4 is 5.32 Å². The quantitative estimate of drug-likeness (QED) is 0.557. The molecule has 7 atom stereocenters. The van der Waals surface area contributed by atoms with Gasteiger partial charge in [-0.25, -0.2) is 0 Å². The molecule has 5 fully saturated rings. The van der Waals surface area contributed by atoms with Crippen LogP contribution >= 0.6 is 0 Å². The fourth-order valence-corrected chi connectivity index (χ4v) is 8.99. The fraction of sp³-hybridized carbons (Fsp3) is 0.964. The van der Waals surface area contributed by atoms with Gasteiger partial charge in [0, 0.05) is 32.3 Å². The van der Waals surface area contributed by atoms with E-state index < -0.39 is 0 Å². The Morgan fingerprint density at radius 1 is 1.19 bits per heavy atom. The zero-order valence-electron chi connectivity index (χ0n) is 23.2. The van der Waals surface area contributed by atoms with Gasteiger partial charge in [0.25, 0.3) is 0 Å². The first-order valence-electron chi connectivity index (χ1n) is 14.6. The number of likely N-dealkylation sites (tertiary alicyclic amines) is 3. The first kappa shape index (κ1) is 26.8. The van der Waals surface area contributed by atoms with Gasteiger partial charge >= 0.3 is 0 Å². The Kier molecular flexibility index (Phi) is 8.31. The van der Waals surface area contributed by atoms with Gasteiger partial charge < -0.3 is 29.9 Å². The highest BCUT2D eigenvalue weighted by Gasteiger charge is 2.63. The van der Waals surface area contributed by atoms with E-state index in [9.17, 15) is 9.90 Å². The number of likely N-dealkylation sites (N-methyl/N-ethyl adjacent to an activating group) is 2. The molecule has 36 heavy (non-hydrogen) atoms. The van der Waals surface area contributed by atoms with Crippen LogP contribution in [-0.2, 0) is 9.53 Å². The molecular weight excluding hydrogens is 454 g/mol. The molecule has 4 saturated heterocycles. The first-order valence-corrected chi connectivity index (χ1v) is 14.6. The summed E-state index contributed by atoms with van der Waals surface area (Å²) in [6.07, 6.45) is 8.73. The summed E-state index contributed by atoms with van der Waals surface area (Å²) in [6.45, 7) is 7.10. The number of aliphatic hydroxyl groups is 1. The first-order chi connectivity index (χ1) is 17.4. The van der Waals surface area contributed by atoms with Crippen molar-refractivity contribution in [3.8, 4) is 0 Å². The Labute approximate surface area is 218 Å². The summed E-state index contributed by atoms with van der Waals surface area (Å²) in [5.74, 6) is 2.13. The molecule has 5 aliphatic rings. The van der Waals surface area contributed by atoms with Crippen LogP contribution in [0.3, 0.4) is 0 Å². The maximum Gasteiger partial charge on any atom is 0.237 e. The topological polar surface area (TPSA) is 71.5 Å². The second kappa shape index (κ2) is 11.1. The third-order valence-electron chi connectivity index (χ3n) is 10.7. The van der Waals surface area contributed by atoms with E-state index in [-0.39, 0.29) is 30.0 Å². The average molecular weight is 506 g/mol. The molecule has 1 aliphatic carbocycles. The average Bonchev–Trinajstić information content (AvgIpc) is 3.18. The summed E-state index contributed by atoms with van der Waals surface area (Å²) in [5, 5.41) is 14.3. The molecule has 1 saturated carbocycles. The Hall–Kier alpha value is -0.770. The Bertz CT molecular complexity index is 751. The summed E-state index contributed by atoms with van der Waals surface area (Å²) in [7, 11) is 8.05. The molecule has 0 aromatic carbocycles. The summed E-state index contributed by atoms with van der Waals surface area (Å²) >= 11 is 0. The zero-order chi connectivity index (χ0) is 25.4. The molecule has 8 heteroatoms.